The van der Waals surface area contributed by atoms with Gasteiger partial charge in [-0.15, -0.1) is 28.3 Å². The van der Waals surface area contributed by atoms with Crippen molar-refractivity contribution in [3.05, 3.63) is 63.9 Å². The van der Waals surface area contributed by atoms with E-state index in [9.17, 15) is 0 Å². The molecule has 156 valence electrons. The fraction of sp³-hybridized carbons (Fsp3) is 0.480. The number of rotatable bonds is 6. The van der Waals surface area contributed by atoms with E-state index < -0.39 is 0 Å². The standard InChI is InChI=1S/C25H32N2S.BrH/c1-18(2)15-26-24-27(16-19(3)4)23(17-28-24)25(12-7-13-25)22-11-10-20-8-5-6-9-21(20)14-22;/h5-6,8-11,14,17-19H,7,12-13,15-16H2,1-4H3;1H/b26-24-;. The first kappa shape index (κ1) is 22.3. The SMILES string of the molecule is Br.CC(C)C/N=c1\scc(C2(c3ccc4ccccc4c3)CCC2)n1CC(C)C. The molecular formula is C25H33BrN2S. The minimum Gasteiger partial charge on any atom is -0.320 e. The van der Waals surface area contributed by atoms with Crippen LogP contribution in [0.15, 0.2) is 52.8 Å². The number of hydrogen-bond acceptors (Lipinski definition) is 2. The van der Waals surface area contributed by atoms with Crippen molar-refractivity contribution in [1.29, 1.82) is 0 Å². The fourth-order valence-corrected chi connectivity index (χ4v) is 5.36. The van der Waals surface area contributed by atoms with Gasteiger partial charge in [0, 0.05) is 29.6 Å². The van der Waals surface area contributed by atoms with Crippen molar-refractivity contribution in [2.24, 2.45) is 16.8 Å². The average Bonchev–Trinajstić information content (AvgIpc) is 3.01. The van der Waals surface area contributed by atoms with Gasteiger partial charge in [-0.25, -0.2) is 0 Å². The van der Waals surface area contributed by atoms with Gasteiger partial charge in [-0.1, -0.05) is 76.6 Å². The molecule has 0 aliphatic heterocycles. The molecule has 0 spiro atoms. The van der Waals surface area contributed by atoms with Crippen LogP contribution in [0, 0.1) is 11.8 Å². The smallest absolute Gasteiger partial charge is 0.184 e. The van der Waals surface area contributed by atoms with Crippen molar-refractivity contribution >= 4 is 39.1 Å². The van der Waals surface area contributed by atoms with E-state index >= 15 is 0 Å². The third-order valence-electron chi connectivity index (χ3n) is 5.94. The molecule has 4 rings (SSSR count). The molecule has 1 aromatic heterocycles. The maximum absolute atomic E-state index is 4.98. The summed E-state index contributed by atoms with van der Waals surface area (Å²) in [5.74, 6) is 1.20. The number of halogens is 1. The first-order valence-corrected chi connectivity index (χ1v) is 11.6. The monoisotopic (exact) mass is 472 g/mol. The van der Waals surface area contributed by atoms with Gasteiger partial charge >= 0.3 is 0 Å². The molecule has 0 amide bonds. The number of hydrogen-bond donors (Lipinski definition) is 0. The van der Waals surface area contributed by atoms with Crippen molar-refractivity contribution < 1.29 is 0 Å². The molecule has 1 heterocycles. The summed E-state index contributed by atoms with van der Waals surface area (Å²) in [6.07, 6.45) is 3.79. The summed E-state index contributed by atoms with van der Waals surface area (Å²) in [5, 5.41) is 5.07. The molecule has 0 saturated heterocycles. The number of thiazole rings is 1. The summed E-state index contributed by atoms with van der Waals surface area (Å²) < 4.78 is 2.53. The molecular weight excluding hydrogens is 440 g/mol. The van der Waals surface area contributed by atoms with Gasteiger partial charge in [0.05, 0.1) is 0 Å². The van der Waals surface area contributed by atoms with E-state index in [0.717, 1.165) is 13.1 Å². The summed E-state index contributed by atoms with van der Waals surface area (Å²) in [5.41, 5.74) is 3.11. The fourth-order valence-electron chi connectivity index (χ4n) is 4.34. The first-order chi connectivity index (χ1) is 13.5. The van der Waals surface area contributed by atoms with E-state index in [1.807, 2.05) is 11.3 Å². The molecule has 0 N–H and O–H groups in total. The van der Waals surface area contributed by atoms with Crippen LogP contribution >= 0.6 is 28.3 Å². The lowest BCUT2D eigenvalue weighted by molar-refractivity contribution is 0.278. The number of benzene rings is 2. The number of nitrogens with zero attached hydrogens (tertiary/aromatic N) is 2. The largest absolute Gasteiger partial charge is 0.320 e. The third kappa shape index (κ3) is 4.39. The van der Waals surface area contributed by atoms with Gasteiger partial charge in [0.2, 0.25) is 0 Å². The second kappa shape index (κ2) is 9.18. The predicted molar refractivity (Wildman–Crippen MR) is 131 cm³/mol. The zero-order valence-corrected chi connectivity index (χ0v) is 20.5. The van der Waals surface area contributed by atoms with Gasteiger partial charge in [-0.2, -0.15) is 0 Å². The Morgan fingerprint density at radius 1 is 1.00 bits per heavy atom. The van der Waals surface area contributed by atoms with Gasteiger partial charge in [-0.3, -0.25) is 4.99 Å². The Kier molecular flexibility index (Phi) is 7.06. The van der Waals surface area contributed by atoms with E-state index in [2.05, 4.69) is 80.1 Å². The Bertz CT molecular complexity index is 1020. The van der Waals surface area contributed by atoms with Crippen LogP contribution in [0.5, 0.6) is 0 Å². The van der Waals surface area contributed by atoms with Gasteiger partial charge in [0.15, 0.2) is 4.80 Å². The van der Waals surface area contributed by atoms with Crippen molar-refractivity contribution in [3.8, 4) is 0 Å². The van der Waals surface area contributed by atoms with Gasteiger partial charge in [-0.05, 0) is 41.0 Å². The molecule has 1 aliphatic carbocycles. The second-order valence-corrected chi connectivity index (χ2v) is 9.98. The first-order valence-electron chi connectivity index (χ1n) is 10.7. The topological polar surface area (TPSA) is 17.3 Å². The van der Waals surface area contributed by atoms with Crippen LogP contribution in [0.4, 0.5) is 0 Å². The second-order valence-electron chi connectivity index (χ2n) is 9.14. The van der Waals surface area contributed by atoms with Crippen molar-refractivity contribution in [3.63, 3.8) is 0 Å². The summed E-state index contributed by atoms with van der Waals surface area (Å²) >= 11 is 1.83. The molecule has 0 atom stereocenters. The molecule has 0 bridgehead atoms. The normalized spacial score (nSPS) is 16.3. The van der Waals surface area contributed by atoms with Crippen LogP contribution in [0.3, 0.4) is 0 Å². The highest BCUT2D eigenvalue weighted by atomic mass is 79.9. The van der Waals surface area contributed by atoms with Crippen molar-refractivity contribution in [2.45, 2.75) is 58.9 Å². The molecule has 1 saturated carbocycles. The van der Waals surface area contributed by atoms with E-state index in [4.69, 9.17) is 4.99 Å². The summed E-state index contributed by atoms with van der Waals surface area (Å²) in [6, 6.07) is 15.8. The highest BCUT2D eigenvalue weighted by molar-refractivity contribution is 8.93. The molecule has 1 fully saturated rings. The summed E-state index contributed by atoms with van der Waals surface area (Å²) in [6.45, 7) is 11.1. The quantitative estimate of drug-likeness (QED) is 0.368. The Hall–Kier alpha value is -1.39. The Morgan fingerprint density at radius 2 is 1.72 bits per heavy atom. The average molecular weight is 474 g/mol. The number of aromatic nitrogens is 1. The lowest BCUT2D eigenvalue weighted by Gasteiger charge is -2.43. The predicted octanol–water partition coefficient (Wildman–Crippen LogP) is 6.96. The maximum Gasteiger partial charge on any atom is 0.184 e. The lowest BCUT2D eigenvalue weighted by atomic mass is 9.62. The van der Waals surface area contributed by atoms with Gasteiger partial charge < -0.3 is 4.57 Å². The van der Waals surface area contributed by atoms with E-state index in [-0.39, 0.29) is 22.4 Å². The summed E-state index contributed by atoms with van der Waals surface area (Å²) in [7, 11) is 0. The highest BCUT2D eigenvalue weighted by Crippen LogP contribution is 2.49. The van der Waals surface area contributed by atoms with Crippen LogP contribution < -0.4 is 4.80 Å². The Morgan fingerprint density at radius 3 is 2.34 bits per heavy atom. The third-order valence-corrected chi connectivity index (χ3v) is 6.84. The van der Waals surface area contributed by atoms with Crippen LogP contribution in [-0.4, -0.2) is 11.1 Å². The molecule has 0 unspecified atom stereocenters. The lowest BCUT2D eigenvalue weighted by Crippen LogP contribution is -2.39. The van der Waals surface area contributed by atoms with Crippen LogP contribution in [0.1, 0.15) is 58.2 Å². The van der Waals surface area contributed by atoms with E-state index in [1.54, 1.807) is 0 Å². The Labute approximate surface area is 189 Å². The molecule has 0 radical (unpaired) electrons. The van der Waals surface area contributed by atoms with E-state index in [1.165, 1.54) is 46.1 Å². The minimum atomic E-state index is 0. The highest BCUT2D eigenvalue weighted by Gasteiger charge is 2.43. The van der Waals surface area contributed by atoms with E-state index in [0.29, 0.717) is 11.8 Å². The van der Waals surface area contributed by atoms with Gasteiger partial charge in [0.25, 0.3) is 0 Å². The minimum absolute atomic E-state index is 0. The molecule has 2 nitrogen and oxygen atoms in total. The van der Waals surface area contributed by atoms with Gasteiger partial charge in [0.1, 0.15) is 0 Å². The molecule has 29 heavy (non-hydrogen) atoms. The van der Waals surface area contributed by atoms with Crippen molar-refractivity contribution in [2.75, 3.05) is 6.54 Å². The van der Waals surface area contributed by atoms with Crippen LogP contribution in [-0.2, 0) is 12.0 Å². The maximum atomic E-state index is 4.98. The molecule has 1 aliphatic rings. The molecule has 4 heteroatoms. The molecule has 3 aromatic rings. The van der Waals surface area contributed by atoms with Crippen LogP contribution in [0.25, 0.3) is 10.8 Å². The van der Waals surface area contributed by atoms with Crippen molar-refractivity contribution in [1.82, 2.24) is 4.57 Å². The molecule has 2 aromatic carbocycles. The van der Waals surface area contributed by atoms with Crippen LogP contribution in [0.2, 0.25) is 0 Å². The zero-order chi connectivity index (χ0) is 19.7. The summed E-state index contributed by atoms with van der Waals surface area (Å²) in [4.78, 5) is 6.17. The number of fused-ring (bicyclic) bond motifs is 1. The zero-order valence-electron chi connectivity index (χ0n) is 18.0. The Balaban J connectivity index is 0.00000240.